The van der Waals surface area contributed by atoms with Gasteiger partial charge in [-0.05, 0) is 42.1 Å². The molecule has 7 heteroatoms. The van der Waals surface area contributed by atoms with Crippen molar-refractivity contribution < 1.29 is 17.6 Å². The molecule has 0 saturated heterocycles. The zero-order valence-corrected chi connectivity index (χ0v) is 16.2. The summed E-state index contributed by atoms with van der Waals surface area (Å²) in [6.07, 6.45) is 0.556. The SMILES string of the molecule is CN(CCCC(=O)Nc1cccc2ccccc12)S(=O)(=O)c1ccc(F)cc1. The van der Waals surface area contributed by atoms with Crippen molar-refractivity contribution in [3.63, 3.8) is 0 Å². The van der Waals surface area contributed by atoms with Gasteiger partial charge in [0.05, 0.1) is 4.90 Å². The van der Waals surface area contributed by atoms with Crippen LogP contribution < -0.4 is 5.32 Å². The molecule has 0 heterocycles. The van der Waals surface area contributed by atoms with Gasteiger partial charge in [0.25, 0.3) is 0 Å². The van der Waals surface area contributed by atoms with Crippen LogP contribution in [0.3, 0.4) is 0 Å². The van der Waals surface area contributed by atoms with Crippen LogP contribution in [-0.2, 0) is 14.8 Å². The Bertz CT molecular complexity index is 1080. The molecule has 0 aliphatic rings. The summed E-state index contributed by atoms with van der Waals surface area (Å²) in [6.45, 7) is 0.183. The van der Waals surface area contributed by atoms with Crippen molar-refractivity contribution in [1.82, 2.24) is 4.31 Å². The summed E-state index contributed by atoms with van der Waals surface area (Å²) in [4.78, 5) is 12.3. The Morgan fingerprint density at radius 3 is 2.43 bits per heavy atom. The van der Waals surface area contributed by atoms with Gasteiger partial charge < -0.3 is 5.32 Å². The molecule has 3 aromatic carbocycles. The Morgan fingerprint density at radius 2 is 1.68 bits per heavy atom. The van der Waals surface area contributed by atoms with Crippen molar-refractivity contribution in [1.29, 1.82) is 0 Å². The highest BCUT2D eigenvalue weighted by atomic mass is 32.2. The number of hydrogen-bond acceptors (Lipinski definition) is 3. The first-order chi connectivity index (χ1) is 13.4. The molecule has 0 aromatic heterocycles. The second-order valence-electron chi connectivity index (χ2n) is 6.46. The number of nitrogens with one attached hydrogen (secondary N) is 1. The smallest absolute Gasteiger partial charge is 0.242 e. The van der Waals surface area contributed by atoms with E-state index in [0.29, 0.717) is 6.42 Å². The van der Waals surface area contributed by atoms with E-state index in [2.05, 4.69) is 5.32 Å². The first kappa shape index (κ1) is 20.0. The lowest BCUT2D eigenvalue weighted by Crippen LogP contribution is -2.28. The molecule has 0 aliphatic heterocycles. The third-order valence-electron chi connectivity index (χ3n) is 4.46. The number of carbonyl (C=O) groups is 1. The van der Waals surface area contributed by atoms with Gasteiger partial charge in [0, 0.05) is 31.1 Å². The minimum atomic E-state index is -3.71. The Balaban J connectivity index is 1.57. The maximum atomic E-state index is 13.0. The molecule has 0 spiro atoms. The van der Waals surface area contributed by atoms with Crippen molar-refractivity contribution in [2.75, 3.05) is 18.9 Å². The third kappa shape index (κ3) is 4.55. The topological polar surface area (TPSA) is 66.5 Å². The Hall–Kier alpha value is -2.77. The largest absolute Gasteiger partial charge is 0.326 e. The Morgan fingerprint density at radius 1 is 1.00 bits per heavy atom. The molecule has 0 radical (unpaired) electrons. The average Bonchev–Trinajstić information content (AvgIpc) is 2.68. The minimum absolute atomic E-state index is 0.0246. The lowest BCUT2D eigenvalue weighted by Gasteiger charge is -2.17. The van der Waals surface area contributed by atoms with E-state index < -0.39 is 15.8 Å². The van der Waals surface area contributed by atoms with Crippen molar-refractivity contribution in [3.8, 4) is 0 Å². The first-order valence-electron chi connectivity index (χ1n) is 8.87. The second-order valence-corrected chi connectivity index (χ2v) is 8.50. The van der Waals surface area contributed by atoms with Gasteiger partial charge in [-0.1, -0.05) is 36.4 Å². The van der Waals surface area contributed by atoms with Crippen molar-refractivity contribution in [2.45, 2.75) is 17.7 Å². The van der Waals surface area contributed by atoms with Crippen LogP contribution in [0.25, 0.3) is 10.8 Å². The summed E-state index contributed by atoms with van der Waals surface area (Å²) in [7, 11) is -2.26. The van der Waals surface area contributed by atoms with Crippen LogP contribution in [0.1, 0.15) is 12.8 Å². The van der Waals surface area contributed by atoms with Gasteiger partial charge in [-0.3, -0.25) is 4.79 Å². The molecule has 0 fully saturated rings. The van der Waals surface area contributed by atoms with Crippen LogP contribution in [0, 0.1) is 5.82 Å². The van der Waals surface area contributed by atoms with Gasteiger partial charge in [0.1, 0.15) is 5.82 Å². The Labute approximate surface area is 163 Å². The quantitative estimate of drug-likeness (QED) is 0.651. The van der Waals surface area contributed by atoms with E-state index in [9.17, 15) is 17.6 Å². The van der Waals surface area contributed by atoms with Gasteiger partial charge in [-0.2, -0.15) is 0 Å². The molecule has 28 heavy (non-hydrogen) atoms. The summed E-state index contributed by atoms with van der Waals surface area (Å²) in [5.41, 5.74) is 0.732. The third-order valence-corrected chi connectivity index (χ3v) is 6.33. The molecule has 1 amide bonds. The van der Waals surface area contributed by atoms with Gasteiger partial charge in [-0.15, -0.1) is 0 Å². The van der Waals surface area contributed by atoms with E-state index in [1.165, 1.54) is 23.5 Å². The molecule has 1 N–H and O–H groups in total. The molecular weight excluding hydrogens is 379 g/mol. The molecule has 0 bridgehead atoms. The fourth-order valence-corrected chi connectivity index (χ4v) is 4.13. The van der Waals surface area contributed by atoms with E-state index in [1.807, 2.05) is 42.5 Å². The number of fused-ring (bicyclic) bond motifs is 1. The minimum Gasteiger partial charge on any atom is -0.326 e. The van der Waals surface area contributed by atoms with Crippen LogP contribution >= 0.6 is 0 Å². The average molecular weight is 400 g/mol. The van der Waals surface area contributed by atoms with Gasteiger partial charge in [0.15, 0.2) is 0 Å². The molecule has 5 nitrogen and oxygen atoms in total. The molecule has 146 valence electrons. The highest BCUT2D eigenvalue weighted by molar-refractivity contribution is 7.89. The fraction of sp³-hybridized carbons (Fsp3) is 0.190. The predicted molar refractivity (Wildman–Crippen MR) is 108 cm³/mol. The summed E-state index contributed by atoms with van der Waals surface area (Å²) < 4.78 is 39.1. The van der Waals surface area contributed by atoms with Crippen molar-refractivity contribution in [2.24, 2.45) is 0 Å². The molecule has 3 rings (SSSR count). The summed E-state index contributed by atoms with van der Waals surface area (Å²) in [5.74, 6) is -0.671. The lowest BCUT2D eigenvalue weighted by atomic mass is 10.1. The number of halogens is 1. The van der Waals surface area contributed by atoms with E-state index in [-0.39, 0.29) is 23.8 Å². The highest BCUT2D eigenvalue weighted by Gasteiger charge is 2.20. The maximum Gasteiger partial charge on any atom is 0.242 e. The van der Waals surface area contributed by atoms with Crippen molar-refractivity contribution in [3.05, 3.63) is 72.5 Å². The van der Waals surface area contributed by atoms with E-state index in [0.717, 1.165) is 28.6 Å². The molecule has 0 atom stereocenters. The lowest BCUT2D eigenvalue weighted by molar-refractivity contribution is -0.116. The van der Waals surface area contributed by atoms with Gasteiger partial charge in [0.2, 0.25) is 15.9 Å². The zero-order chi connectivity index (χ0) is 20.1. The summed E-state index contributed by atoms with van der Waals surface area (Å²) >= 11 is 0. The predicted octanol–water partition coefficient (Wildman–Crippen LogP) is 4.02. The van der Waals surface area contributed by atoms with Crippen LogP contribution in [-0.4, -0.2) is 32.2 Å². The van der Waals surface area contributed by atoms with Crippen LogP contribution in [0.4, 0.5) is 10.1 Å². The van der Waals surface area contributed by atoms with E-state index in [4.69, 9.17) is 0 Å². The second kappa shape index (κ2) is 8.50. The monoisotopic (exact) mass is 400 g/mol. The number of sulfonamides is 1. The van der Waals surface area contributed by atoms with Gasteiger partial charge in [-0.25, -0.2) is 17.1 Å². The molecule has 0 unspecified atom stereocenters. The Kier molecular flexibility index (Phi) is 6.06. The number of benzene rings is 3. The first-order valence-corrected chi connectivity index (χ1v) is 10.3. The molecule has 0 aliphatic carbocycles. The number of nitrogens with zero attached hydrogens (tertiary/aromatic N) is 1. The number of anilines is 1. The molecule has 0 saturated carbocycles. The number of hydrogen-bond donors (Lipinski definition) is 1. The maximum absolute atomic E-state index is 13.0. The van der Waals surface area contributed by atoms with Crippen LogP contribution in [0.5, 0.6) is 0 Å². The number of amides is 1. The van der Waals surface area contributed by atoms with Crippen LogP contribution in [0.15, 0.2) is 71.6 Å². The fourth-order valence-electron chi connectivity index (χ4n) is 2.92. The zero-order valence-electron chi connectivity index (χ0n) is 15.4. The summed E-state index contributed by atoms with van der Waals surface area (Å²) in [5, 5.41) is 4.87. The normalized spacial score (nSPS) is 11.7. The standard InChI is InChI=1S/C21H21FN2O3S/c1-24(28(26,27)18-13-11-17(22)12-14-18)15-5-10-21(25)23-20-9-4-7-16-6-2-3-8-19(16)20/h2-4,6-9,11-14H,5,10,15H2,1H3,(H,23,25). The van der Waals surface area contributed by atoms with E-state index >= 15 is 0 Å². The van der Waals surface area contributed by atoms with Gasteiger partial charge >= 0.3 is 0 Å². The van der Waals surface area contributed by atoms with Crippen LogP contribution in [0.2, 0.25) is 0 Å². The van der Waals surface area contributed by atoms with Crippen molar-refractivity contribution >= 4 is 32.4 Å². The highest BCUT2D eigenvalue weighted by Crippen LogP contribution is 2.23. The molecular formula is C21H21FN2O3S. The number of rotatable bonds is 7. The molecule has 3 aromatic rings. The number of carbonyl (C=O) groups excluding carboxylic acids is 1. The van der Waals surface area contributed by atoms with E-state index in [1.54, 1.807) is 0 Å². The summed E-state index contributed by atoms with van der Waals surface area (Å²) in [6, 6.07) is 18.1.